The van der Waals surface area contributed by atoms with E-state index in [-0.39, 0.29) is 64.3 Å². The van der Waals surface area contributed by atoms with Crippen LogP contribution in [-0.2, 0) is 0 Å². The van der Waals surface area contributed by atoms with Gasteiger partial charge in [-0.15, -0.1) is 22.7 Å². The second-order valence-electron chi connectivity index (χ2n) is 12.4. The van der Waals surface area contributed by atoms with Crippen molar-refractivity contribution in [1.82, 2.24) is 24.1 Å². The summed E-state index contributed by atoms with van der Waals surface area (Å²) in [7, 11) is 0. The quantitative estimate of drug-likeness (QED) is 0.114. The Labute approximate surface area is 349 Å². The van der Waals surface area contributed by atoms with Crippen LogP contribution in [0, 0.1) is 17.5 Å². The van der Waals surface area contributed by atoms with Crippen molar-refractivity contribution in [3.63, 3.8) is 0 Å². The van der Waals surface area contributed by atoms with Crippen LogP contribution in [0.4, 0.5) is 24.7 Å². The number of carboxylic acid groups (broad SMARTS) is 1. The Balaban J connectivity index is 0.000000208. The minimum Gasteiger partial charge on any atom is -0.490 e. The predicted octanol–water partition coefficient (Wildman–Crippen LogP) is 7.83. The monoisotopic (exact) mass is 869 g/mol. The molecule has 0 saturated carbocycles. The third kappa shape index (κ3) is 8.47. The van der Waals surface area contributed by atoms with Crippen molar-refractivity contribution in [1.29, 1.82) is 0 Å². The lowest BCUT2D eigenvalue weighted by Gasteiger charge is -2.15. The standard InChI is InChI=1S/C26H19F2N5O4S.C15H11FN2O4S/c1-2-36-23-21(25(35)33(26-22(23)31-13-38-26)16-6-3-14(27)4-7-16)24(34)32-15-5-8-19(18(28)11-15)37-17-9-10-30-20(29)12-17;1-2-22-12-10(15(20)21)13(19)18(14-11(12)17-7-23-14)9-5-3-8(16)4-6-9/h3-13H,2H2,1H3,(H2,29,30)(H,32,34);3-7H,2H2,1H3,(H,20,21). The zero-order valence-corrected chi connectivity index (χ0v) is 33.4. The average molecular weight is 870 g/mol. The van der Waals surface area contributed by atoms with Crippen molar-refractivity contribution in [3.8, 4) is 34.4 Å². The van der Waals surface area contributed by atoms with Gasteiger partial charge >= 0.3 is 5.97 Å². The zero-order valence-electron chi connectivity index (χ0n) is 31.7. The van der Waals surface area contributed by atoms with E-state index in [0.717, 1.165) is 6.07 Å². The molecule has 61 heavy (non-hydrogen) atoms. The number of carbonyl (C=O) groups is 2. The highest BCUT2D eigenvalue weighted by molar-refractivity contribution is 7.16. The number of thiazole rings is 2. The van der Waals surface area contributed by atoms with E-state index in [1.807, 2.05) is 0 Å². The maximum atomic E-state index is 14.8. The first-order valence-corrected chi connectivity index (χ1v) is 19.7. The molecule has 5 aromatic heterocycles. The average Bonchev–Trinajstić information content (AvgIpc) is 3.92. The third-order valence-electron chi connectivity index (χ3n) is 8.58. The molecule has 8 aromatic rings. The summed E-state index contributed by atoms with van der Waals surface area (Å²) >= 11 is 2.34. The van der Waals surface area contributed by atoms with Gasteiger partial charge in [-0.05, 0) is 80.6 Å². The van der Waals surface area contributed by atoms with Crippen LogP contribution in [0.15, 0.2) is 106 Å². The molecule has 0 fully saturated rings. The molecule has 1 amide bonds. The molecule has 0 atom stereocenters. The Kier molecular flexibility index (Phi) is 12.1. The summed E-state index contributed by atoms with van der Waals surface area (Å²) in [5, 5.41) is 11.9. The molecule has 310 valence electrons. The van der Waals surface area contributed by atoms with Gasteiger partial charge < -0.3 is 30.4 Å². The summed E-state index contributed by atoms with van der Waals surface area (Å²) in [5.41, 5.74) is 7.71. The number of nitrogens with zero attached hydrogens (tertiary/aromatic N) is 5. The van der Waals surface area contributed by atoms with Gasteiger partial charge in [-0.2, -0.15) is 0 Å². The molecule has 0 spiro atoms. The number of carboxylic acids is 1. The molecular weight excluding hydrogens is 840 g/mol. The molecule has 0 aliphatic rings. The Morgan fingerprint density at radius 1 is 0.738 bits per heavy atom. The fraction of sp³-hybridized carbons (Fsp3) is 0.0976. The van der Waals surface area contributed by atoms with Gasteiger partial charge in [0.2, 0.25) is 0 Å². The third-order valence-corrected chi connectivity index (χ3v) is 10.2. The topological polar surface area (TPSA) is 203 Å². The number of fused-ring (bicyclic) bond motifs is 2. The first-order valence-electron chi connectivity index (χ1n) is 18.0. The minimum atomic E-state index is -1.40. The minimum absolute atomic E-state index is 0.000290. The van der Waals surface area contributed by atoms with E-state index >= 15 is 0 Å². The first-order chi connectivity index (χ1) is 29.4. The van der Waals surface area contributed by atoms with E-state index in [9.17, 15) is 37.5 Å². The van der Waals surface area contributed by atoms with Gasteiger partial charge in [-0.3, -0.25) is 23.5 Å². The van der Waals surface area contributed by atoms with Crippen LogP contribution in [0.25, 0.3) is 32.1 Å². The largest absolute Gasteiger partial charge is 0.490 e. The lowest BCUT2D eigenvalue weighted by atomic mass is 10.2. The predicted molar refractivity (Wildman–Crippen MR) is 223 cm³/mol. The molecule has 0 unspecified atom stereocenters. The van der Waals surface area contributed by atoms with E-state index in [1.165, 1.54) is 122 Å². The Bertz CT molecular complexity index is 3060. The number of nitrogen functional groups attached to an aromatic ring is 1. The first kappa shape index (κ1) is 41.6. The van der Waals surface area contributed by atoms with Crippen LogP contribution in [0.1, 0.15) is 34.6 Å². The highest BCUT2D eigenvalue weighted by Gasteiger charge is 2.28. The SMILES string of the molecule is CCOc1c(C(=O)Nc2ccc(Oc3ccnc(N)c3)c(F)c2)c(=O)n(-c2ccc(F)cc2)c2scnc12.CCOc1c(C(=O)O)c(=O)n(-c2ccc(F)cc2)c2scnc12. The van der Waals surface area contributed by atoms with Crippen molar-refractivity contribution in [2.75, 3.05) is 24.3 Å². The molecule has 15 nitrogen and oxygen atoms in total. The van der Waals surface area contributed by atoms with E-state index in [0.29, 0.717) is 21.0 Å². The van der Waals surface area contributed by atoms with Crippen LogP contribution >= 0.6 is 22.7 Å². The van der Waals surface area contributed by atoms with Gasteiger partial charge in [0, 0.05) is 24.0 Å². The van der Waals surface area contributed by atoms with Crippen molar-refractivity contribution in [3.05, 3.63) is 145 Å². The number of carbonyl (C=O) groups excluding carboxylic acids is 1. The van der Waals surface area contributed by atoms with E-state index in [1.54, 1.807) is 13.8 Å². The molecule has 5 heterocycles. The Morgan fingerprint density at radius 2 is 1.26 bits per heavy atom. The molecule has 3 aromatic carbocycles. The second-order valence-corrected chi connectivity index (χ2v) is 14.1. The number of rotatable bonds is 11. The molecule has 4 N–H and O–H groups in total. The number of ether oxygens (including phenoxy) is 3. The maximum absolute atomic E-state index is 14.8. The van der Waals surface area contributed by atoms with Crippen LogP contribution in [-0.4, -0.2) is 54.3 Å². The molecule has 0 radical (unpaired) electrons. The number of nitrogens with one attached hydrogen (secondary N) is 1. The summed E-state index contributed by atoms with van der Waals surface area (Å²) < 4.78 is 60.5. The summed E-state index contributed by atoms with van der Waals surface area (Å²) in [4.78, 5) is 64.4. The number of hydrogen-bond acceptors (Lipinski definition) is 13. The van der Waals surface area contributed by atoms with Gasteiger partial charge in [0.05, 0.1) is 35.6 Å². The van der Waals surface area contributed by atoms with Gasteiger partial charge in [0.1, 0.15) is 49.5 Å². The smallest absolute Gasteiger partial charge is 0.345 e. The van der Waals surface area contributed by atoms with Gasteiger partial charge in [-0.25, -0.2) is 32.9 Å². The van der Waals surface area contributed by atoms with Crippen LogP contribution in [0.3, 0.4) is 0 Å². The van der Waals surface area contributed by atoms with Gasteiger partial charge in [0.15, 0.2) is 28.6 Å². The number of amides is 1. The number of halogens is 3. The number of benzene rings is 3. The summed E-state index contributed by atoms with van der Waals surface area (Å²) in [6, 6.07) is 17.2. The van der Waals surface area contributed by atoms with E-state index in [4.69, 9.17) is 19.9 Å². The number of pyridine rings is 3. The Morgan fingerprint density at radius 3 is 1.75 bits per heavy atom. The number of aromatic nitrogens is 5. The number of hydrogen-bond donors (Lipinski definition) is 3. The maximum Gasteiger partial charge on any atom is 0.345 e. The Hall–Kier alpha value is -7.58. The lowest BCUT2D eigenvalue weighted by Crippen LogP contribution is -2.29. The van der Waals surface area contributed by atoms with Gasteiger partial charge in [0.25, 0.3) is 17.0 Å². The highest BCUT2D eigenvalue weighted by atomic mass is 32.1. The molecule has 0 aliphatic heterocycles. The summed E-state index contributed by atoms with van der Waals surface area (Å²) in [6.07, 6.45) is 1.42. The fourth-order valence-corrected chi connectivity index (χ4v) is 7.65. The van der Waals surface area contributed by atoms with Crippen molar-refractivity contribution < 1.29 is 42.1 Å². The molecule has 0 aliphatic carbocycles. The van der Waals surface area contributed by atoms with Crippen LogP contribution in [0.5, 0.6) is 23.0 Å². The van der Waals surface area contributed by atoms with E-state index < -0.39 is 46.0 Å². The number of aromatic carboxylic acids is 1. The molecule has 20 heteroatoms. The summed E-state index contributed by atoms with van der Waals surface area (Å²) in [6.45, 7) is 3.76. The lowest BCUT2D eigenvalue weighted by molar-refractivity contribution is 0.0690. The highest BCUT2D eigenvalue weighted by Crippen LogP contribution is 2.33. The molecular formula is C41H30F3N7O8S2. The summed E-state index contributed by atoms with van der Waals surface area (Å²) in [5.74, 6) is -3.58. The fourth-order valence-electron chi connectivity index (χ4n) is 6.03. The van der Waals surface area contributed by atoms with E-state index in [2.05, 4.69) is 20.3 Å². The molecule has 8 rings (SSSR count). The van der Waals surface area contributed by atoms with Crippen molar-refractivity contribution in [2.45, 2.75) is 13.8 Å². The van der Waals surface area contributed by atoms with Gasteiger partial charge in [-0.1, -0.05) is 0 Å². The van der Waals surface area contributed by atoms with Crippen LogP contribution in [0.2, 0.25) is 0 Å². The van der Waals surface area contributed by atoms with Crippen molar-refractivity contribution >= 4 is 66.7 Å². The van der Waals surface area contributed by atoms with Crippen LogP contribution < -0.4 is 36.4 Å². The normalized spacial score (nSPS) is 10.9. The molecule has 0 bridgehead atoms. The molecule has 0 saturated heterocycles. The second kappa shape index (κ2) is 17.7. The van der Waals surface area contributed by atoms with Crippen molar-refractivity contribution in [2.24, 2.45) is 0 Å². The zero-order chi connectivity index (χ0) is 43.4. The number of anilines is 2. The number of nitrogens with two attached hydrogens (primary N) is 1.